The molecular formula is C21H29N2+. The van der Waals surface area contributed by atoms with E-state index >= 15 is 0 Å². The average Bonchev–Trinajstić information content (AvgIpc) is 2.77. The van der Waals surface area contributed by atoms with Crippen LogP contribution in [0.25, 0.3) is 10.9 Å². The summed E-state index contributed by atoms with van der Waals surface area (Å²) in [4.78, 5) is 0. The van der Waals surface area contributed by atoms with Crippen molar-refractivity contribution in [3.63, 3.8) is 0 Å². The van der Waals surface area contributed by atoms with Gasteiger partial charge in [-0.15, -0.1) is 0 Å². The Morgan fingerprint density at radius 3 is 2.74 bits per heavy atom. The first-order chi connectivity index (χ1) is 11.4. The van der Waals surface area contributed by atoms with E-state index in [4.69, 9.17) is 0 Å². The lowest BCUT2D eigenvalue weighted by molar-refractivity contribution is -0.703. The van der Waals surface area contributed by atoms with E-state index < -0.39 is 0 Å². The molecule has 5 rings (SSSR count). The van der Waals surface area contributed by atoms with Gasteiger partial charge in [-0.25, -0.2) is 0 Å². The van der Waals surface area contributed by atoms with E-state index in [-0.39, 0.29) is 0 Å². The van der Waals surface area contributed by atoms with E-state index in [2.05, 4.69) is 28.1 Å². The van der Waals surface area contributed by atoms with Crippen LogP contribution >= 0.6 is 0 Å². The fourth-order valence-corrected chi connectivity index (χ4v) is 5.52. The van der Waals surface area contributed by atoms with Gasteiger partial charge in [0, 0.05) is 17.3 Å². The van der Waals surface area contributed by atoms with Crippen LogP contribution in [0.15, 0.2) is 18.2 Å². The summed E-state index contributed by atoms with van der Waals surface area (Å²) < 4.78 is 2.67. The molecule has 1 fully saturated rings. The minimum atomic E-state index is 0.729. The highest BCUT2D eigenvalue weighted by Gasteiger charge is 2.31. The molecule has 1 saturated carbocycles. The summed E-state index contributed by atoms with van der Waals surface area (Å²) in [5, 5.41) is 4.20. The average molecular weight is 309 g/mol. The fraction of sp³-hybridized carbons (Fsp3) is 0.619. The number of rotatable bonds is 1. The first-order valence-corrected chi connectivity index (χ1v) is 9.90. The van der Waals surface area contributed by atoms with Crippen LogP contribution in [0.4, 0.5) is 0 Å². The summed E-state index contributed by atoms with van der Waals surface area (Å²) in [5.41, 5.74) is 6.54. The van der Waals surface area contributed by atoms with Gasteiger partial charge in [0.25, 0.3) is 0 Å². The predicted octanol–water partition coefficient (Wildman–Crippen LogP) is 4.03. The normalized spacial score (nSPS) is 25.3. The zero-order chi connectivity index (χ0) is 15.2. The van der Waals surface area contributed by atoms with Gasteiger partial charge in [0.2, 0.25) is 0 Å². The lowest BCUT2D eigenvalue weighted by atomic mass is 9.83. The molecule has 0 radical (unpaired) electrons. The van der Waals surface area contributed by atoms with Crippen LogP contribution < -0.4 is 5.32 Å². The van der Waals surface area contributed by atoms with Crippen LogP contribution in [0.5, 0.6) is 0 Å². The minimum absolute atomic E-state index is 0.729. The van der Waals surface area contributed by atoms with Crippen molar-refractivity contribution in [1.82, 2.24) is 4.57 Å². The molecule has 0 spiro atoms. The zero-order valence-electron chi connectivity index (χ0n) is 14.2. The van der Waals surface area contributed by atoms with Gasteiger partial charge in [-0.1, -0.05) is 25.3 Å². The molecule has 0 unspecified atom stereocenters. The summed E-state index contributed by atoms with van der Waals surface area (Å²) in [6.07, 6.45) is 12.6. The molecule has 2 heterocycles. The molecule has 3 aliphatic rings. The monoisotopic (exact) mass is 309 g/mol. The largest absolute Gasteiger partial charge is 0.337 e. The van der Waals surface area contributed by atoms with E-state index in [1.807, 2.05) is 0 Å². The Kier molecular flexibility index (Phi) is 3.47. The molecule has 1 aliphatic heterocycles. The van der Waals surface area contributed by atoms with Gasteiger partial charge in [0.15, 0.2) is 0 Å². The molecule has 2 N–H and O–H groups in total. The second-order valence-electron chi connectivity index (χ2n) is 8.00. The number of hydrogen-bond donors (Lipinski definition) is 1. The van der Waals surface area contributed by atoms with Gasteiger partial charge in [-0.2, -0.15) is 0 Å². The van der Waals surface area contributed by atoms with Gasteiger partial charge >= 0.3 is 0 Å². The standard InChI is InChI=1S/C21H28N2/c1-2-6-15(7-3-1)16-10-11-20-18(14-16)17-8-4-5-9-19-21(17)23(20)13-12-22-19/h10-11,14-15,19,22H,1-9,12-13H2/p+1/t19-/m1/s1. The SMILES string of the molecule is c1cc2c(cc1C1CCCCC1)c1c3n2CC[NH2+][C@@H]3CCCC1. The first-order valence-electron chi connectivity index (χ1n) is 9.90. The maximum atomic E-state index is 2.67. The summed E-state index contributed by atoms with van der Waals surface area (Å²) in [5.74, 6) is 0.824. The Hall–Kier alpha value is -1.28. The number of nitrogens with two attached hydrogens (primary N) is 1. The first kappa shape index (κ1) is 14.1. The highest BCUT2D eigenvalue weighted by atomic mass is 15.1. The Labute approximate surface area is 139 Å². The maximum Gasteiger partial charge on any atom is 0.127 e. The van der Waals surface area contributed by atoms with Crippen molar-refractivity contribution in [3.8, 4) is 0 Å². The van der Waals surface area contributed by atoms with Gasteiger partial charge in [-0.05, 0) is 61.3 Å². The highest BCUT2D eigenvalue weighted by molar-refractivity contribution is 5.87. The van der Waals surface area contributed by atoms with E-state index in [0.717, 1.165) is 12.0 Å². The van der Waals surface area contributed by atoms with E-state index in [9.17, 15) is 0 Å². The molecule has 2 nitrogen and oxygen atoms in total. The molecule has 1 aromatic heterocycles. The number of quaternary nitrogens is 1. The molecule has 23 heavy (non-hydrogen) atoms. The van der Waals surface area contributed by atoms with Crippen LogP contribution in [-0.2, 0) is 13.0 Å². The Morgan fingerprint density at radius 2 is 1.83 bits per heavy atom. The molecule has 1 aromatic carbocycles. The second kappa shape index (κ2) is 5.66. The van der Waals surface area contributed by atoms with Crippen LogP contribution in [0.3, 0.4) is 0 Å². The van der Waals surface area contributed by atoms with Gasteiger partial charge in [0.1, 0.15) is 6.04 Å². The number of aryl methyl sites for hydroxylation is 1. The lowest BCUT2D eigenvalue weighted by Gasteiger charge is -2.23. The quantitative estimate of drug-likeness (QED) is 0.821. The second-order valence-corrected chi connectivity index (χ2v) is 8.00. The van der Waals surface area contributed by atoms with Crippen molar-refractivity contribution < 1.29 is 5.32 Å². The smallest absolute Gasteiger partial charge is 0.127 e. The third-order valence-electron chi connectivity index (χ3n) is 6.66. The van der Waals surface area contributed by atoms with Gasteiger partial charge in [0.05, 0.1) is 18.8 Å². The van der Waals surface area contributed by atoms with E-state index in [1.54, 1.807) is 22.2 Å². The highest BCUT2D eigenvalue weighted by Crippen LogP contribution is 2.39. The summed E-state index contributed by atoms with van der Waals surface area (Å²) >= 11 is 0. The zero-order valence-corrected chi connectivity index (χ0v) is 14.2. The molecular weight excluding hydrogens is 280 g/mol. The van der Waals surface area contributed by atoms with Crippen molar-refractivity contribution in [2.45, 2.75) is 76.3 Å². The third-order valence-corrected chi connectivity index (χ3v) is 6.66. The molecule has 2 aromatic rings. The Morgan fingerprint density at radius 1 is 0.957 bits per heavy atom. The van der Waals surface area contributed by atoms with Crippen molar-refractivity contribution in [1.29, 1.82) is 0 Å². The maximum absolute atomic E-state index is 2.67. The molecule has 122 valence electrons. The lowest BCUT2D eigenvalue weighted by Crippen LogP contribution is -2.87. The van der Waals surface area contributed by atoms with E-state index in [0.29, 0.717) is 0 Å². The third kappa shape index (κ3) is 2.26. The molecule has 0 amide bonds. The number of benzene rings is 1. The van der Waals surface area contributed by atoms with Crippen molar-refractivity contribution in [3.05, 3.63) is 35.0 Å². The number of hydrogen-bond acceptors (Lipinski definition) is 0. The summed E-state index contributed by atoms with van der Waals surface area (Å²) in [6, 6.07) is 8.23. The van der Waals surface area contributed by atoms with Crippen LogP contribution in [0.2, 0.25) is 0 Å². The molecule has 0 bridgehead atoms. The van der Waals surface area contributed by atoms with Crippen molar-refractivity contribution in [2.24, 2.45) is 0 Å². The Bertz CT molecular complexity index is 721. The number of nitrogens with zero attached hydrogens (tertiary/aromatic N) is 1. The fourth-order valence-electron chi connectivity index (χ4n) is 5.52. The molecule has 1 atom stereocenters. The van der Waals surface area contributed by atoms with Crippen LogP contribution in [0, 0.1) is 0 Å². The Balaban J connectivity index is 1.66. The van der Waals surface area contributed by atoms with Crippen LogP contribution in [-0.4, -0.2) is 11.1 Å². The predicted molar refractivity (Wildman–Crippen MR) is 94.9 cm³/mol. The van der Waals surface area contributed by atoms with Crippen molar-refractivity contribution >= 4 is 10.9 Å². The molecule has 2 aliphatic carbocycles. The molecule has 0 saturated heterocycles. The van der Waals surface area contributed by atoms with Crippen LogP contribution in [0.1, 0.15) is 80.1 Å². The van der Waals surface area contributed by atoms with Gasteiger partial charge in [-0.3, -0.25) is 0 Å². The number of fused-ring (bicyclic) bond motifs is 3. The summed E-state index contributed by atoms with van der Waals surface area (Å²) in [7, 11) is 0. The van der Waals surface area contributed by atoms with E-state index in [1.165, 1.54) is 76.4 Å². The summed E-state index contributed by atoms with van der Waals surface area (Å²) in [6.45, 7) is 2.45. The topological polar surface area (TPSA) is 21.5 Å². The molecule has 2 heteroatoms. The van der Waals surface area contributed by atoms with Crippen molar-refractivity contribution in [2.75, 3.05) is 6.54 Å². The van der Waals surface area contributed by atoms with Gasteiger partial charge < -0.3 is 9.88 Å². The minimum Gasteiger partial charge on any atom is -0.337 e. The number of aromatic nitrogens is 1.